The number of carboxylic acids is 1. The van der Waals surface area contributed by atoms with Gasteiger partial charge in [0.2, 0.25) is 0 Å². The maximum absolute atomic E-state index is 12.2. The van der Waals surface area contributed by atoms with Gasteiger partial charge in [-0.15, -0.1) is 0 Å². The average Bonchev–Trinajstić information content (AvgIpc) is 2.48. The first-order chi connectivity index (χ1) is 10.0. The summed E-state index contributed by atoms with van der Waals surface area (Å²) in [6.07, 6.45) is -0.167. The van der Waals surface area contributed by atoms with Crippen molar-refractivity contribution in [1.82, 2.24) is 0 Å². The largest absolute Gasteiger partial charge is 0.481 e. The van der Waals surface area contributed by atoms with E-state index in [4.69, 9.17) is 23.2 Å². The lowest BCUT2D eigenvalue weighted by molar-refractivity contribution is -0.138. The van der Waals surface area contributed by atoms with Crippen LogP contribution in [0.1, 0.15) is 28.3 Å². The monoisotopic (exact) mass is 322 g/mol. The van der Waals surface area contributed by atoms with Gasteiger partial charge in [0.25, 0.3) is 0 Å². The Balaban J connectivity index is 2.31. The standard InChI is InChI=1S/C16H12Cl2O3/c17-13-8-4-7-11(15(13)18)12(16(20)21)9-14(19)10-5-2-1-3-6-10/h1-8,12H,9H2,(H,20,21)/t12-/m0/s1. The van der Waals surface area contributed by atoms with Gasteiger partial charge >= 0.3 is 5.97 Å². The third kappa shape index (κ3) is 3.63. The van der Waals surface area contributed by atoms with Gasteiger partial charge < -0.3 is 5.11 Å². The number of halogens is 2. The quantitative estimate of drug-likeness (QED) is 0.828. The van der Waals surface area contributed by atoms with Gasteiger partial charge in [0.05, 0.1) is 16.0 Å². The fraction of sp³-hybridized carbons (Fsp3) is 0.125. The van der Waals surface area contributed by atoms with Crippen LogP contribution in [0.3, 0.4) is 0 Å². The van der Waals surface area contributed by atoms with Crippen molar-refractivity contribution in [2.75, 3.05) is 0 Å². The molecule has 0 spiro atoms. The molecule has 1 N–H and O–H groups in total. The number of benzene rings is 2. The number of aliphatic carboxylic acids is 1. The van der Waals surface area contributed by atoms with Crippen LogP contribution in [0.5, 0.6) is 0 Å². The maximum atomic E-state index is 12.2. The molecule has 0 amide bonds. The Morgan fingerprint density at radius 1 is 1.00 bits per heavy atom. The number of hydrogen-bond acceptors (Lipinski definition) is 2. The molecule has 0 aromatic heterocycles. The van der Waals surface area contributed by atoms with E-state index in [1.807, 2.05) is 0 Å². The molecule has 0 unspecified atom stereocenters. The second-order valence-electron chi connectivity index (χ2n) is 4.53. The number of ketones is 1. The van der Waals surface area contributed by atoms with Crippen molar-refractivity contribution < 1.29 is 14.7 Å². The van der Waals surface area contributed by atoms with Gasteiger partial charge in [-0.25, -0.2) is 0 Å². The fourth-order valence-electron chi connectivity index (χ4n) is 2.05. The molecule has 0 heterocycles. The summed E-state index contributed by atoms with van der Waals surface area (Å²) in [5.74, 6) is -2.38. The fourth-order valence-corrected chi connectivity index (χ4v) is 2.49. The van der Waals surface area contributed by atoms with Crippen LogP contribution in [0.25, 0.3) is 0 Å². The summed E-state index contributed by atoms with van der Waals surface area (Å²) in [5, 5.41) is 9.83. The van der Waals surface area contributed by atoms with E-state index in [1.54, 1.807) is 48.5 Å². The molecule has 0 bridgehead atoms. The second-order valence-corrected chi connectivity index (χ2v) is 5.31. The van der Waals surface area contributed by atoms with Crippen LogP contribution < -0.4 is 0 Å². The predicted molar refractivity (Wildman–Crippen MR) is 82.2 cm³/mol. The predicted octanol–water partition coefficient (Wildman–Crippen LogP) is 4.43. The Morgan fingerprint density at radius 3 is 2.29 bits per heavy atom. The minimum Gasteiger partial charge on any atom is -0.481 e. The van der Waals surface area contributed by atoms with Gasteiger partial charge in [-0.05, 0) is 11.6 Å². The molecule has 0 aliphatic heterocycles. The first-order valence-electron chi connectivity index (χ1n) is 6.25. The van der Waals surface area contributed by atoms with Crippen molar-refractivity contribution in [2.45, 2.75) is 12.3 Å². The lowest BCUT2D eigenvalue weighted by atomic mass is 9.91. The minimum atomic E-state index is -1.11. The Kier molecular flexibility index (Phi) is 4.99. The maximum Gasteiger partial charge on any atom is 0.311 e. The normalized spacial score (nSPS) is 11.9. The molecular formula is C16H12Cl2O3. The molecule has 0 radical (unpaired) electrons. The van der Waals surface area contributed by atoms with Crippen LogP contribution in [-0.4, -0.2) is 16.9 Å². The first kappa shape index (κ1) is 15.5. The highest BCUT2D eigenvalue weighted by Crippen LogP contribution is 2.33. The van der Waals surface area contributed by atoms with Gasteiger partial charge in [0, 0.05) is 12.0 Å². The summed E-state index contributed by atoms with van der Waals surface area (Å²) in [5.41, 5.74) is 0.822. The van der Waals surface area contributed by atoms with E-state index in [2.05, 4.69) is 0 Å². The lowest BCUT2D eigenvalue weighted by Gasteiger charge is -2.14. The molecule has 0 aliphatic rings. The van der Waals surface area contributed by atoms with E-state index in [0.29, 0.717) is 11.1 Å². The van der Waals surface area contributed by atoms with Crippen LogP contribution in [0.2, 0.25) is 10.0 Å². The summed E-state index contributed by atoms with van der Waals surface area (Å²) in [6.45, 7) is 0. The zero-order valence-corrected chi connectivity index (χ0v) is 12.4. The number of carbonyl (C=O) groups excluding carboxylic acids is 1. The van der Waals surface area contributed by atoms with Crippen molar-refractivity contribution in [3.8, 4) is 0 Å². The SMILES string of the molecule is O=C(C[C@H](C(=O)O)c1cccc(Cl)c1Cl)c1ccccc1. The first-order valence-corrected chi connectivity index (χ1v) is 7.01. The van der Waals surface area contributed by atoms with Crippen molar-refractivity contribution in [1.29, 1.82) is 0 Å². The molecule has 0 saturated heterocycles. The van der Waals surface area contributed by atoms with E-state index in [-0.39, 0.29) is 22.2 Å². The molecular weight excluding hydrogens is 311 g/mol. The van der Waals surface area contributed by atoms with Crippen molar-refractivity contribution in [3.05, 3.63) is 69.7 Å². The van der Waals surface area contributed by atoms with Crippen LogP contribution in [-0.2, 0) is 4.79 Å². The van der Waals surface area contributed by atoms with Gasteiger partial charge in [-0.2, -0.15) is 0 Å². The molecule has 2 aromatic rings. The Bertz CT molecular complexity index is 668. The molecule has 1 atom stereocenters. The summed E-state index contributed by atoms with van der Waals surface area (Å²) in [4.78, 5) is 23.7. The van der Waals surface area contributed by atoms with Gasteiger partial charge in [-0.3, -0.25) is 9.59 Å². The average molecular weight is 323 g/mol. The Labute approximate surface area is 132 Å². The van der Waals surface area contributed by atoms with E-state index in [1.165, 1.54) is 0 Å². The highest BCUT2D eigenvalue weighted by atomic mass is 35.5. The summed E-state index contributed by atoms with van der Waals surface area (Å²) in [6, 6.07) is 13.3. The molecule has 108 valence electrons. The number of hydrogen-bond donors (Lipinski definition) is 1. The molecule has 3 nitrogen and oxygen atoms in total. The van der Waals surface area contributed by atoms with E-state index >= 15 is 0 Å². The molecule has 0 aliphatic carbocycles. The highest BCUT2D eigenvalue weighted by molar-refractivity contribution is 6.42. The third-order valence-electron chi connectivity index (χ3n) is 3.14. The molecule has 0 saturated carbocycles. The number of rotatable bonds is 5. The van der Waals surface area contributed by atoms with E-state index in [9.17, 15) is 14.7 Å². The minimum absolute atomic E-state index is 0.167. The number of carboxylic acid groups (broad SMARTS) is 1. The van der Waals surface area contributed by atoms with Gasteiger partial charge in [-0.1, -0.05) is 65.7 Å². The highest BCUT2D eigenvalue weighted by Gasteiger charge is 2.26. The lowest BCUT2D eigenvalue weighted by Crippen LogP contribution is -2.17. The zero-order valence-electron chi connectivity index (χ0n) is 10.9. The van der Waals surface area contributed by atoms with Crippen molar-refractivity contribution >= 4 is 35.0 Å². The number of Topliss-reactive ketones (excluding diaryl/α,β-unsaturated/α-hetero) is 1. The van der Waals surface area contributed by atoms with Crippen molar-refractivity contribution in [3.63, 3.8) is 0 Å². The molecule has 21 heavy (non-hydrogen) atoms. The van der Waals surface area contributed by atoms with E-state index in [0.717, 1.165) is 0 Å². The molecule has 2 rings (SSSR count). The smallest absolute Gasteiger partial charge is 0.311 e. The van der Waals surface area contributed by atoms with Crippen LogP contribution in [0, 0.1) is 0 Å². The molecule has 2 aromatic carbocycles. The molecule has 0 fully saturated rings. The molecule has 5 heteroatoms. The van der Waals surface area contributed by atoms with Crippen molar-refractivity contribution in [2.24, 2.45) is 0 Å². The van der Waals surface area contributed by atoms with Crippen LogP contribution in [0.15, 0.2) is 48.5 Å². The van der Waals surface area contributed by atoms with Gasteiger partial charge in [0.15, 0.2) is 5.78 Å². The zero-order chi connectivity index (χ0) is 15.4. The second kappa shape index (κ2) is 6.74. The van der Waals surface area contributed by atoms with Gasteiger partial charge in [0.1, 0.15) is 0 Å². The number of carbonyl (C=O) groups is 2. The summed E-state index contributed by atoms with van der Waals surface area (Å²) in [7, 11) is 0. The third-order valence-corrected chi connectivity index (χ3v) is 3.97. The Morgan fingerprint density at radius 2 is 1.67 bits per heavy atom. The van der Waals surface area contributed by atoms with Crippen LogP contribution in [0.4, 0.5) is 0 Å². The topological polar surface area (TPSA) is 54.4 Å². The Hall–Kier alpha value is -1.84. The summed E-state index contributed by atoms with van der Waals surface area (Å²) < 4.78 is 0. The van der Waals surface area contributed by atoms with E-state index < -0.39 is 11.9 Å². The van der Waals surface area contributed by atoms with Crippen LogP contribution >= 0.6 is 23.2 Å². The summed E-state index contributed by atoms with van der Waals surface area (Å²) >= 11 is 12.0.